The Morgan fingerprint density at radius 2 is 2.20 bits per heavy atom. The van der Waals surface area contributed by atoms with Gasteiger partial charge < -0.3 is 10.0 Å². The van der Waals surface area contributed by atoms with Crippen LogP contribution in [0.3, 0.4) is 0 Å². The normalized spacial score (nSPS) is 22.0. The van der Waals surface area contributed by atoms with Gasteiger partial charge in [-0.1, -0.05) is 12.1 Å². The zero-order valence-corrected chi connectivity index (χ0v) is 12.5. The highest BCUT2D eigenvalue weighted by Crippen LogP contribution is 2.26. The van der Waals surface area contributed by atoms with Crippen molar-refractivity contribution in [2.45, 2.75) is 25.1 Å². The molecule has 2 unspecified atom stereocenters. The molecule has 0 spiro atoms. The summed E-state index contributed by atoms with van der Waals surface area (Å²) in [7, 11) is 0. The maximum atomic E-state index is 12.5. The van der Waals surface area contributed by atoms with Crippen LogP contribution in [-0.2, 0) is 10.5 Å². The number of carbonyl (C=O) groups is 2. The first-order chi connectivity index (χ1) is 9.54. The van der Waals surface area contributed by atoms with E-state index in [9.17, 15) is 9.59 Å². The largest absolute Gasteiger partial charge is 0.481 e. The number of carboxylic acid groups (broad SMARTS) is 1. The Bertz CT molecular complexity index is 518. The number of hydrogen-bond donors (Lipinski definition) is 1. The highest BCUT2D eigenvalue weighted by Gasteiger charge is 2.38. The first kappa shape index (κ1) is 14.9. The highest BCUT2D eigenvalue weighted by molar-refractivity contribution is 7.97. The molecule has 1 saturated heterocycles. The molecule has 20 heavy (non-hydrogen) atoms. The fraction of sp³-hybridized carbons (Fsp3) is 0.467. The summed E-state index contributed by atoms with van der Waals surface area (Å²) in [6, 6.07) is 7.34. The van der Waals surface area contributed by atoms with Gasteiger partial charge in [-0.3, -0.25) is 9.59 Å². The molecule has 4 nitrogen and oxygen atoms in total. The molecule has 1 aromatic carbocycles. The molecule has 0 radical (unpaired) electrons. The molecule has 1 N–H and O–H groups in total. The van der Waals surface area contributed by atoms with Crippen LogP contribution >= 0.6 is 11.8 Å². The van der Waals surface area contributed by atoms with Gasteiger partial charge in [0.1, 0.15) is 0 Å². The van der Waals surface area contributed by atoms with Crippen molar-refractivity contribution in [3.8, 4) is 0 Å². The van der Waals surface area contributed by atoms with E-state index in [0.717, 1.165) is 11.3 Å². The van der Waals surface area contributed by atoms with Crippen LogP contribution in [0.4, 0.5) is 0 Å². The molecule has 0 bridgehead atoms. The molecule has 108 valence electrons. The average molecular weight is 293 g/mol. The van der Waals surface area contributed by atoms with Crippen molar-refractivity contribution in [1.29, 1.82) is 0 Å². The number of amides is 1. The summed E-state index contributed by atoms with van der Waals surface area (Å²) in [6.07, 6.45) is 2.56. The second kappa shape index (κ2) is 6.31. The molecule has 1 amide bonds. The SMILES string of the molecule is CSCc1cccc(C(=O)N2CCC(C(=O)O)C2C)c1. The first-order valence-electron chi connectivity index (χ1n) is 6.66. The minimum Gasteiger partial charge on any atom is -0.481 e. The predicted octanol–water partition coefficient (Wildman–Crippen LogP) is 2.48. The minimum atomic E-state index is -0.816. The highest BCUT2D eigenvalue weighted by atomic mass is 32.2. The Hall–Kier alpha value is -1.49. The van der Waals surface area contributed by atoms with Gasteiger partial charge in [-0.15, -0.1) is 0 Å². The Kier molecular flexibility index (Phi) is 4.70. The Labute approximate surface area is 123 Å². The van der Waals surface area contributed by atoms with Gasteiger partial charge in [0, 0.05) is 23.9 Å². The number of carbonyl (C=O) groups excluding carboxylic acids is 1. The number of nitrogens with zero attached hydrogens (tertiary/aromatic N) is 1. The summed E-state index contributed by atoms with van der Waals surface area (Å²) in [4.78, 5) is 25.3. The van der Waals surface area contributed by atoms with Gasteiger partial charge in [0.2, 0.25) is 0 Å². The van der Waals surface area contributed by atoms with Crippen molar-refractivity contribution >= 4 is 23.6 Å². The molecule has 1 aromatic rings. The van der Waals surface area contributed by atoms with Crippen molar-refractivity contribution in [1.82, 2.24) is 4.90 Å². The number of aliphatic carboxylic acids is 1. The van der Waals surface area contributed by atoms with E-state index in [4.69, 9.17) is 5.11 Å². The third kappa shape index (κ3) is 2.98. The van der Waals surface area contributed by atoms with Crippen LogP contribution < -0.4 is 0 Å². The summed E-state index contributed by atoms with van der Waals surface area (Å²) in [5.74, 6) is -0.463. The van der Waals surface area contributed by atoms with E-state index in [-0.39, 0.29) is 11.9 Å². The fourth-order valence-electron chi connectivity index (χ4n) is 2.68. The van der Waals surface area contributed by atoms with E-state index in [1.54, 1.807) is 22.7 Å². The lowest BCUT2D eigenvalue weighted by molar-refractivity contribution is -0.142. The van der Waals surface area contributed by atoms with Gasteiger partial charge in [0.15, 0.2) is 0 Å². The quantitative estimate of drug-likeness (QED) is 0.926. The lowest BCUT2D eigenvalue weighted by atomic mass is 10.0. The van der Waals surface area contributed by atoms with Crippen LogP contribution in [-0.4, -0.2) is 40.7 Å². The van der Waals surface area contributed by atoms with Gasteiger partial charge in [-0.25, -0.2) is 0 Å². The predicted molar refractivity (Wildman–Crippen MR) is 79.9 cm³/mol. The molecular weight excluding hydrogens is 274 g/mol. The van der Waals surface area contributed by atoms with E-state index >= 15 is 0 Å². The second-order valence-electron chi connectivity index (χ2n) is 5.11. The lowest BCUT2D eigenvalue weighted by Gasteiger charge is -2.23. The number of hydrogen-bond acceptors (Lipinski definition) is 3. The van der Waals surface area contributed by atoms with Gasteiger partial charge in [0.05, 0.1) is 5.92 Å². The molecule has 1 fully saturated rings. The standard InChI is InChI=1S/C15H19NO3S/c1-10-13(15(18)19)6-7-16(10)14(17)12-5-3-4-11(8-12)9-20-2/h3-5,8,10,13H,6-7,9H2,1-2H3,(H,18,19). The van der Waals surface area contributed by atoms with Crippen molar-refractivity contribution in [3.05, 3.63) is 35.4 Å². The summed E-state index contributed by atoms with van der Waals surface area (Å²) in [5.41, 5.74) is 1.76. The average Bonchev–Trinajstić information content (AvgIpc) is 2.80. The van der Waals surface area contributed by atoms with Crippen molar-refractivity contribution in [3.63, 3.8) is 0 Å². The van der Waals surface area contributed by atoms with Gasteiger partial charge in [-0.2, -0.15) is 11.8 Å². The van der Waals surface area contributed by atoms with Crippen LogP contribution in [0.1, 0.15) is 29.3 Å². The van der Waals surface area contributed by atoms with Crippen molar-refractivity contribution in [2.75, 3.05) is 12.8 Å². The van der Waals surface area contributed by atoms with Crippen LogP contribution in [0.25, 0.3) is 0 Å². The third-order valence-electron chi connectivity index (χ3n) is 3.82. The Morgan fingerprint density at radius 1 is 1.45 bits per heavy atom. The van der Waals surface area contributed by atoms with E-state index in [2.05, 4.69) is 0 Å². The first-order valence-corrected chi connectivity index (χ1v) is 8.05. The molecule has 1 aliphatic rings. The summed E-state index contributed by atoms with van der Waals surface area (Å²) < 4.78 is 0. The van der Waals surface area contributed by atoms with Gasteiger partial charge in [-0.05, 0) is 37.3 Å². The summed E-state index contributed by atoms with van der Waals surface area (Å²) in [6.45, 7) is 2.33. The summed E-state index contributed by atoms with van der Waals surface area (Å²) in [5, 5.41) is 9.13. The topological polar surface area (TPSA) is 57.6 Å². The molecule has 1 heterocycles. The van der Waals surface area contributed by atoms with Gasteiger partial charge in [0.25, 0.3) is 5.91 Å². The zero-order chi connectivity index (χ0) is 14.7. The maximum Gasteiger partial charge on any atom is 0.308 e. The fourth-order valence-corrected chi connectivity index (χ4v) is 3.20. The van der Waals surface area contributed by atoms with Crippen LogP contribution in [0, 0.1) is 5.92 Å². The molecule has 2 rings (SSSR count). The van der Waals surface area contributed by atoms with Crippen LogP contribution in [0.15, 0.2) is 24.3 Å². The number of likely N-dealkylation sites (tertiary alicyclic amines) is 1. The third-order valence-corrected chi connectivity index (χ3v) is 4.44. The number of rotatable bonds is 4. The molecule has 2 atom stereocenters. The molecule has 0 aromatic heterocycles. The maximum absolute atomic E-state index is 12.5. The molecular formula is C15H19NO3S. The number of thioether (sulfide) groups is 1. The van der Waals surface area contributed by atoms with Gasteiger partial charge >= 0.3 is 5.97 Å². The van der Waals surface area contributed by atoms with Crippen molar-refractivity contribution in [2.24, 2.45) is 5.92 Å². The zero-order valence-electron chi connectivity index (χ0n) is 11.7. The second-order valence-corrected chi connectivity index (χ2v) is 5.97. The number of benzene rings is 1. The smallest absolute Gasteiger partial charge is 0.308 e. The Balaban J connectivity index is 2.16. The van der Waals surface area contributed by atoms with E-state index < -0.39 is 11.9 Å². The van der Waals surface area contributed by atoms with Crippen LogP contribution in [0.5, 0.6) is 0 Å². The molecule has 1 aliphatic heterocycles. The molecule has 0 aliphatic carbocycles. The monoisotopic (exact) mass is 293 g/mol. The minimum absolute atomic E-state index is 0.0656. The Morgan fingerprint density at radius 3 is 2.80 bits per heavy atom. The molecule has 5 heteroatoms. The van der Waals surface area contributed by atoms with E-state index in [0.29, 0.717) is 18.5 Å². The summed E-state index contributed by atoms with van der Waals surface area (Å²) >= 11 is 1.71. The van der Waals surface area contributed by atoms with E-state index in [1.165, 1.54) is 0 Å². The molecule has 0 saturated carbocycles. The van der Waals surface area contributed by atoms with E-state index in [1.807, 2.05) is 31.4 Å². The van der Waals surface area contributed by atoms with Crippen molar-refractivity contribution < 1.29 is 14.7 Å². The van der Waals surface area contributed by atoms with Crippen LogP contribution in [0.2, 0.25) is 0 Å². The lowest BCUT2D eigenvalue weighted by Crippen LogP contribution is -2.37. The number of carboxylic acids is 1.